The smallest absolute Gasteiger partial charge is 0.337 e. The van der Waals surface area contributed by atoms with Crippen LogP contribution in [0.15, 0.2) is 17.0 Å². The predicted molar refractivity (Wildman–Crippen MR) is 57.7 cm³/mol. The molecule has 0 N–H and O–H groups in total. The number of hydrogen-bond donors (Lipinski definition) is 1. The fraction of sp³-hybridized carbons (Fsp3) is 0.182. The van der Waals surface area contributed by atoms with Crippen LogP contribution in [-0.2, 0) is 4.74 Å². The van der Waals surface area contributed by atoms with Gasteiger partial charge in [0.25, 0.3) is 0 Å². The molecule has 2 nitrogen and oxygen atoms in total. The van der Waals surface area contributed by atoms with Gasteiger partial charge in [0, 0.05) is 10.5 Å². The number of hydrogen-bond acceptors (Lipinski definition) is 3. The van der Waals surface area contributed by atoms with Crippen molar-refractivity contribution in [3.63, 3.8) is 0 Å². The van der Waals surface area contributed by atoms with Gasteiger partial charge < -0.3 is 4.74 Å². The summed E-state index contributed by atoms with van der Waals surface area (Å²) in [7, 11) is 1.33. The second-order valence-electron chi connectivity index (χ2n) is 2.80. The number of carbonyl (C=O) groups is 1. The summed E-state index contributed by atoms with van der Waals surface area (Å²) in [6.07, 6.45) is 5.29. The van der Waals surface area contributed by atoms with Crippen molar-refractivity contribution >= 4 is 18.6 Å². The van der Waals surface area contributed by atoms with Crippen molar-refractivity contribution in [2.24, 2.45) is 0 Å². The van der Waals surface area contributed by atoms with Gasteiger partial charge in [-0.25, -0.2) is 4.79 Å². The van der Waals surface area contributed by atoms with Crippen LogP contribution in [0.25, 0.3) is 0 Å². The highest BCUT2D eigenvalue weighted by Gasteiger charge is 2.09. The molecule has 0 amide bonds. The lowest BCUT2D eigenvalue weighted by atomic mass is 10.1. The predicted octanol–water partition coefficient (Wildman–Crippen LogP) is 2.05. The van der Waals surface area contributed by atoms with Gasteiger partial charge >= 0.3 is 5.97 Å². The van der Waals surface area contributed by atoms with Crippen LogP contribution in [0.2, 0.25) is 0 Å². The molecule has 0 spiro atoms. The Bertz CT molecular complexity index is 416. The Hall–Kier alpha value is -1.40. The van der Waals surface area contributed by atoms with Gasteiger partial charge in [0.1, 0.15) is 0 Å². The Morgan fingerprint density at radius 3 is 2.71 bits per heavy atom. The number of esters is 1. The second kappa shape index (κ2) is 4.21. The third-order valence-electron chi connectivity index (χ3n) is 1.96. The van der Waals surface area contributed by atoms with E-state index in [1.807, 2.05) is 6.92 Å². The molecule has 3 heteroatoms. The molecule has 0 heterocycles. The summed E-state index contributed by atoms with van der Waals surface area (Å²) in [5.74, 6) is 2.09. The average Bonchev–Trinajstić information content (AvgIpc) is 2.20. The standard InChI is InChI=1S/C11H10O2S/c1-4-8-5-9(11(12)13-3)6-10(14)7(8)2/h1,5-6,14H,2-3H3. The molecule has 0 unspecified atom stereocenters. The van der Waals surface area contributed by atoms with E-state index in [1.165, 1.54) is 7.11 Å². The van der Waals surface area contributed by atoms with E-state index in [1.54, 1.807) is 12.1 Å². The van der Waals surface area contributed by atoms with Gasteiger partial charge in [-0.05, 0) is 24.6 Å². The Morgan fingerprint density at radius 1 is 1.57 bits per heavy atom. The van der Waals surface area contributed by atoms with Gasteiger partial charge in [-0.2, -0.15) is 0 Å². The van der Waals surface area contributed by atoms with Gasteiger partial charge in [-0.1, -0.05) is 5.92 Å². The second-order valence-corrected chi connectivity index (χ2v) is 3.29. The van der Waals surface area contributed by atoms with Crippen molar-refractivity contribution < 1.29 is 9.53 Å². The third kappa shape index (κ3) is 1.91. The van der Waals surface area contributed by atoms with Crippen molar-refractivity contribution in [1.82, 2.24) is 0 Å². The molecule has 72 valence electrons. The van der Waals surface area contributed by atoms with Crippen LogP contribution in [0.3, 0.4) is 0 Å². The van der Waals surface area contributed by atoms with Crippen LogP contribution in [0.4, 0.5) is 0 Å². The van der Waals surface area contributed by atoms with E-state index in [0.717, 1.165) is 5.56 Å². The molecule has 1 rings (SSSR count). The number of terminal acetylenes is 1. The van der Waals surface area contributed by atoms with Crippen LogP contribution < -0.4 is 0 Å². The maximum absolute atomic E-state index is 11.2. The summed E-state index contributed by atoms with van der Waals surface area (Å²) in [5, 5.41) is 0. The Kier molecular flexibility index (Phi) is 3.21. The zero-order valence-electron chi connectivity index (χ0n) is 8.00. The summed E-state index contributed by atoms with van der Waals surface area (Å²) in [4.78, 5) is 11.9. The molecule has 0 bridgehead atoms. The largest absolute Gasteiger partial charge is 0.465 e. The van der Waals surface area contributed by atoms with Gasteiger partial charge in [0.05, 0.1) is 12.7 Å². The quantitative estimate of drug-likeness (QED) is 0.432. The molecule has 0 saturated carbocycles. The first-order chi connectivity index (χ1) is 6.60. The normalized spacial score (nSPS) is 9.29. The molecule has 0 aliphatic heterocycles. The molecule has 1 aromatic rings. The zero-order chi connectivity index (χ0) is 10.7. The highest BCUT2D eigenvalue weighted by Crippen LogP contribution is 2.20. The topological polar surface area (TPSA) is 26.3 Å². The summed E-state index contributed by atoms with van der Waals surface area (Å²) >= 11 is 4.22. The zero-order valence-corrected chi connectivity index (χ0v) is 8.89. The maximum Gasteiger partial charge on any atom is 0.337 e. The molecule has 0 fully saturated rings. The summed E-state index contributed by atoms with van der Waals surface area (Å²) in [6.45, 7) is 1.86. The summed E-state index contributed by atoms with van der Waals surface area (Å²) in [6, 6.07) is 3.27. The van der Waals surface area contributed by atoms with Gasteiger partial charge in [0.2, 0.25) is 0 Å². The molecule has 0 aliphatic carbocycles. The fourth-order valence-corrected chi connectivity index (χ4v) is 1.34. The first-order valence-electron chi connectivity index (χ1n) is 3.98. The number of rotatable bonds is 1. The van der Waals surface area contributed by atoms with Gasteiger partial charge in [0.15, 0.2) is 0 Å². The molecule has 14 heavy (non-hydrogen) atoms. The van der Waals surface area contributed by atoms with Crippen LogP contribution in [0.5, 0.6) is 0 Å². The number of benzene rings is 1. The average molecular weight is 206 g/mol. The van der Waals surface area contributed by atoms with Crippen molar-refractivity contribution in [3.05, 3.63) is 28.8 Å². The third-order valence-corrected chi connectivity index (χ3v) is 2.42. The minimum atomic E-state index is -0.406. The first kappa shape index (κ1) is 10.7. The van der Waals surface area contributed by atoms with Crippen molar-refractivity contribution in [3.8, 4) is 12.3 Å². The maximum atomic E-state index is 11.2. The number of thiol groups is 1. The van der Waals surface area contributed by atoms with Crippen LogP contribution >= 0.6 is 12.6 Å². The number of methoxy groups -OCH3 is 1. The first-order valence-corrected chi connectivity index (χ1v) is 4.43. The number of carbonyl (C=O) groups excluding carboxylic acids is 1. The monoisotopic (exact) mass is 206 g/mol. The van der Waals surface area contributed by atoms with E-state index in [0.29, 0.717) is 16.0 Å². The van der Waals surface area contributed by atoms with Crippen molar-refractivity contribution in [1.29, 1.82) is 0 Å². The summed E-state index contributed by atoms with van der Waals surface area (Å²) < 4.78 is 4.59. The van der Waals surface area contributed by atoms with Crippen molar-refractivity contribution in [2.45, 2.75) is 11.8 Å². The van der Waals surface area contributed by atoms with E-state index in [9.17, 15) is 4.79 Å². The molecule has 0 saturated heterocycles. The highest BCUT2D eigenvalue weighted by atomic mass is 32.1. The lowest BCUT2D eigenvalue weighted by molar-refractivity contribution is 0.0600. The molecular formula is C11H10O2S. The Morgan fingerprint density at radius 2 is 2.21 bits per heavy atom. The molecular weight excluding hydrogens is 196 g/mol. The van der Waals surface area contributed by atoms with E-state index >= 15 is 0 Å². The lowest BCUT2D eigenvalue weighted by Crippen LogP contribution is -2.02. The molecule has 0 aromatic heterocycles. The van der Waals surface area contributed by atoms with Crippen molar-refractivity contribution in [2.75, 3.05) is 7.11 Å². The number of ether oxygens (including phenoxy) is 1. The van der Waals surface area contributed by atoms with Gasteiger partial charge in [-0.15, -0.1) is 19.1 Å². The van der Waals surface area contributed by atoms with Crippen LogP contribution in [-0.4, -0.2) is 13.1 Å². The molecule has 0 radical (unpaired) electrons. The fourth-order valence-electron chi connectivity index (χ4n) is 1.08. The van der Waals surface area contributed by atoms with Gasteiger partial charge in [-0.3, -0.25) is 0 Å². The molecule has 1 aromatic carbocycles. The van der Waals surface area contributed by atoms with E-state index in [4.69, 9.17) is 6.42 Å². The SMILES string of the molecule is C#Cc1cc(C(=O)OC)cc(S)c1C. The highest BCUT2D eigenvalue weighted by molar-refractivity contribution is 7.80. The Balaban J connectivity index is 3.32. The minimum absolute atomic E-state index is 0.406. The molecule has 0 aliphatic rings. The van der Waals surface area contributed by atoms with Crippen LogP contribution in [0.1, 0.15) is 21.5 Å². The Labute approximate surface area is 88.7 Å². The summed E-state index contributed by atoms with van der Waals surface area (Å²) in [5.41, 5.74) is 1.98. The minimum Gasteiger partial charge on any atom is -0.465 e. The van der Waals surface area contributed by atoms with E-state index < -0.39 is 5.97 Å². The van der Waals surface area contributed by atoms with E-state index in [-0.39, 0.29) is 0 Å². The molecule has 0 atom stereocenters. The van der Waals surface area contributed by atoms with Crippen LogP contribution in [0, 0.1) is 19.3 Å². The van der Waals surface area contributed by atoms with E-state index in [2.05, 4.69) is 23.3 Å². The lowest BCUT2D eigenvalue weighted by Gasteiger charge is -2.05.